The molecule has 1 aliphatic rings. The van der Waals surface area contributed by atoms with E-state index in [-0.39, 0.29) is 0 Å². The Morgan fingerprint density at radius 1 is 1.05 bits per heavy atom. The Kier molecular flexibility index (Phi) is 3.95. The van der Waals surface area contributed by atoms with Crippen LogP contribution in [-0.2, 0) is 19.4 Å². The molecule has 1 aromatic heterocycles. The minimum Gasteiger partial charge on any atom is -0.348 e. The van der Waals surface area contributed by atoms with E-state index < -0.39 is 0 Å². The molecule has 0 spiro atoms. The van der Waals surface area contributed by atoms with Crippen LogP contribution in [0.15, 0.2) is 30.3 Å². The molecule has 0 N–H and O–H groups in total. The maximum atomic E-state index is 2.61. The quantitative estimate of drug-likeness (QED) is 0.722. The normalized spacial score (nSPS) is 14.3. The Morgan fingerprint density at radius 2 is 1.80 bits per heavy atom. The Balaban J connectivity index is 2.12. The molecular formula is C19H25N. The van der Waals surface area contributed by atoms with Gasteiger partial charge >= 0.3 is 0 Å². The Bertz CT molecular complexity index is 578. The molecule has 3 rings (SSSR count). The van der Waals surface area contributed by atoms with Gasteiger partial charge in [0.15, 0.2) is 0 Å². The van der Waals surface area contributed by atoms with E-state index in [0.717, 1.165) is 0 Å². The van der Waals surface area contributed by atoms with Crippen molar-refractivity contribution in [3.05, 3.63) is 47.3 Å². The summed E-state index contributed by atoms with van der Waals surface area (Å²) in [4.78, 5) is 0. The van der Waals surface area contributed by atoms with E-state index in [0.29, 0.717) is 0 Å². The van der Waals surface area contributed by atoms with E-state index in [2.05, 4.69) is 48.7 Å². The third-order valence-electron chi connectivity index (χ3n) is 4.63. The molecule has 0 saturated carbocycles. The number of hydrogen-bond donors (Lipinski definition) is 0. The van der Waals surface area contributed by atoms with Gasteiger partial charge in [-0.25, -0.2) is 0 Å². The summed E-state index contributed by atoms with van der Waals surface area (Å²) in [6.45, 7) is 5.79. The summed E-state index contributed by atoms with van der Waals surface area (Å²) in [6.07, 6.45) is 7.80. The van der Waals surface area contributed by atoms with E-state index in [1.165, 1.54) is 61.9 Å². The largest absolute Gasteiger partial charge is 0.348 e. The zero-order chi connectivity index (χ0) is 13.9. The molecule has 0 aliphatic heterocycles. The van der Waals surface area contributed by atoms with Gasteiger partial charge < -0.3 is 4.57 Å². The highest BCUT2D eigenvalue weighted by atomic mass is 15.0. The molecule has 0 bridgehead atoms. The topological polar surface area (TPSA) is 4.93 Å². The van der Waals surface area contributed by atoms with Gasteiger partial charge in [-0.2, -0.15) is 0 Å². The van der Waals surface area contributed by atoms with Crippen molar-refractivity contribution in [3.63, 3.8) is 0 Å². The molecule has 0 saturated heterocycles. The van der Waals surface area contributed by atoms with Gasteiger partial charge in [0, 0.05) is 23.5 Å². The number of aromatic nitrogens is 1. The molecule has 0 amide bonds. The van der Waals surface area contributed by atoms with Crippen LogP contribution in [0.2, 0.25) is 0 Å². The average Bonchev–Trinajstić information content (AvgIpc) is 2.78. The van der Waals surface area contributed by atoms with Crippen LogP contribution in [0.5, 0.6) is 0 Å². The van der Waals surface area contributed by atoms with Gasteiger partial charge in [-0.05, 0) is 50.2 Å². The Hall–Kier alpha value is -1.50. The fourth-order valence-electron chi connectivity index (χ4n) is 3.62. The third kappa shape index (κ3) is 2.30. The first-order valence-electron chi connectivity index (χ1n) is 8.09. The average molecular weight is 267 g/mol. The number of unbranched alkanes of at least 4 members (excludes halogenated alkanes) is 1. The first-order valence-corrected chi connectivity index (χ1v) is 8.09. The van der Waals surface area contributed by atoms with Crippen LogP contribution in [0.4, 0.5) is 0 Å². The van der Waals surface area contributed by atoms with Crippen molar-refractivity contribution in [2.75, 3.05) is 0 Å². The minimum absolute atomic E-state index is 1.19. The van der Waals surface area contributed by atoms with E-state index in [1.807, 2.05) is 0 Å². The number of nitrogens with zero attached hydrogens (tertiary/aromatic N) is 1. The molecule has 1 heterocycles. The summed E-state index contributed by atoms with van der Waals surface area (Å²) in [5.41, 5.74) is 7.67. The van der Waals surface area contributed by atoms with Gasteiger partial charge in [0.1, 0.15) is 0 Å². The highest BCUT2D eigenvalue weighted by molar-refractivity contribution is 5.72. The molecule has 0 radical (unpaired) electrons. The Labute approximate surface area is 122 Å². The molecule has 106 valence electrons. The molecule has 1 aromatic carbocycles. The van der Waals surface area contributed by atoms with E-state index in [4.69, 9.17) is 0 Å². The molecule has 0 atom stereocenters. The first kappa shape index (κ1) is 13.5. The summed E-state index contributed by atoms with van der Waals surface area (Å²) >= 11 is 0. The van der Waals surface area contributed by atoms with Crippen molar-refractivity contribution < 1.29 is 0 Å². The molecule has 2 aromatic rings. The molecule has 0 fully saturated rings. The van der Waals surface area contributed by atoms with E-state index in [1.54, 1.807) is 11.3 Å². The fraction of sp³-hybridized carbons (Fsp3) is 0.474. The maximum absolute atomic E-state index is 2.61. The van der Waals surface area contributed by atoms with Crippen molar-refractivity contribution in [1.29, 1.82) is 0 Å². The van der Waals surface area contributed by atoms with Crippen LogP contribution < -0.4 is 0 Å². The van der Waals surface area contributed by atoms with Gasteiger partial charge in [-0.1, -0.05) is 43.7 Å². The zero-order valence-electron chi connectivity index (χ0n) is 12.8. The lowest BCUT2D eigenvalue weighted by Crippen LogP contribution is -2.09. The smallest absolute Gasteiger partial charge is 0.0228 e. The molecule has 0 unspecified atom stereocenters. The summed E-state index contributed by atoms with van der Waals surface area (Å²) in [6, 6.07) is 11.0. The van der Waals surface area contributed by atoms with Crippen LogP contribution >= 0.6 is 0 Å². The summed E-state index contributed by atoms with van der Waals surface area (Å²) in [5, 5.41) is 0. The molecule has 1 heteroatoms. The highest BCUT2D eigenvalue weighted by Gasteiger charge is 2.22. The second-order valence-electron chi connectivity index (χ2n) is 5.96. The predicted octanol–water partition coefficient (Wildman–Crippen LogP) is 5.14. The summed E-state index contributed by atoms with van der Waals surface area (Å²) in [5.74, 6) is 0. The lowest BCUT2D eigenvalue weighted by molar-refractivity contribution is 0.568. The number of fused-ring (bicyclic) bond motifs is 1. The van der Waals surface area contributed by atoms with Gasteiger partial charge in [0.2, 0.25) is 0 Å². The van der Waals surface area contributed by atoms with Gasteiger partial charge in [-0.3, -0.25) is 0 Å². The number of benzene rings is 1. The van der Waals surface area contributed by atoms with Gasteiger partial charge in [0.25, 0.3) is 0 Å². The molecule has 20 heavy (non-hydrogen) atoms. The molecule has 1 aliphatic carbocycles. The van der Waals surface area contributed by atoms with Crippen LogP contribution in [0.1, 0.15) is 49.6 Å². The van der Waals surface area contributed by atoms with Crippen molar-refractivity contribution in [1.82, 2.24) is 4.57 Å². The number of rotatable bonds is 4. The summed E-state index contributed by atoms with van der Waals surface area (Å²) < 4.78 is 2.61. The van der Waals surface area contributed by atoms with Crippen molar-refractivity contribution >= 4 is 0 Å². The van der Waals surface area contributed by atoms with E-state index in [9.17, 15) is 0 Å². The first-order chi connectivity index (χ1) is 9.83. The lowest BCUT2D eigenvalue weighted by atomic mass is 9.91. The lowest BCUT2D eigenvalue weighted by Gasteiger charge is -2.16. The zero-order valence-corrected chi connectivity index (χ0v) is 12.8. The van der Waals surface area contributed by atoms with Crippen LogP contribution in [0.3, 0.4) is 0 Å². The highest BCUT2D eigenvalue weighted by Crippen LogP contribution is 2.36. The van der Waals surface area contributed by atoms with Crippen LogP contribution in [0, 0.1) is 6.92 Å². The number of hydrogen-bond acceptors (Lipinski definition) is 0. The van der Waals surface area contributed by atoms with Crippen molar-refractivity contribution in [2.45, 2.75) is 58.9 Å². The third-order valence-corrected chi connectivity index (χ3v) is 4.63. The summed E-state index contributed by atoms with van der Waals surface area (Å²) in [7, 11) is 0. The standard InChI is InChI=1S/C19H25N/c1-3-4-14-20-15(2)19(16-10-6-5-7-11-16)17-12-8-9-13-18(17)20/h5-7,10-11H,3-4,8-9,12-14H2,1-2H3. The van der Waals surface area contributed by atoms with Gasteiger partial charge in [-0.15, -0.1) is 0 Å². The van der Waals surface area contributed by atoms with Crippen molar-refractivity contribution in [3.8, 4) is 11.1 Å². The second kappa shape index (κ2) is 5.87. The minimum atomic E-state index is 1.19. The molecule has 1 nitrogen and oxygen atoms in total. The van der Waals surface area contributed by atoms with Crippen molar-refractivity contribution in [2.24, 2.45) is 0 Å². The monoisotopic (exact) mass is 267 g/mol. The predicted molar refractivity (Wildman–Crippen MR) is 86.2 cm³/mol. The van der Waals surface area contributed by atoms with Gasteiger partial charge in [0.05, 0.1) is 0 Å². The molecular weight excluding hydrogens is 242 g/mol. The fourth-order valence-corrected chi connectivity index (χ4v) is 3.62. The SMILES string of the molecule is CCCCn1c(C)c(-c2ccccc2)c2c1CCCC2. The van der Waals surface area contributed by atoms with E-state index >= 15 is 0 Å². The van der Waals surface area contributed by atoms with Crippen LogP contribution in [0.25, 0.3) is 11.1 Å². The van der Waals surface area contributed by atoms with Crippen LogP contribution in [-0.4, -0.2) is 4.57 Å². The maximum Gasteiger partial charge on any atom is 0.0228 e. The second-order valence-corrected chi connectivity index (χ2v) is 5.96. The Morgan fingerprint density at radius 3 is 2.55 bits per heavy atom.